The van der Waals surface area contributed by atoms with Crippen LogP contribution in [0, 0.1) is 0 Å². The molecule has 0 saturated heterocycles. The number of hydrogen-bond donors (Lipinski definition) is 3. The Labute approximate surface area is 119 Å². The first-order valence-electron chi connectivity index (χ1n) is 5.18. The van der Waals surface area contributed by atoms with Gasteiger partial charge in [0.2, 0.25) is 0 Å². The fourth-order valence-corrected chi connectivity index (χ4v) is 1.78. The molecule has 0 unspecified atom stereocenters. The van der Waals surface area contributed by atoms with Gasteiger partial charge >= 0.3 is 0 Å². The average molecular weight is 297 g/mol. The molecule has 19 heavy (non-hydrogen) atoms. The van der Waals surface area contributed by atoms with E-state index < -0.39 is 0 Å². The second kappa shape index (κ2) is 5.83. The van der Waals surface area contributed by atoms with Gasteiger partial charge in [-0.05, 0) is 18.2 Å². The summed E-state index contributed by atoms with van der Waals surface area (Å²) in [5.41, 5.74) is 4.28. The summed E-state index contributed by atoms with van der Waals surface area (Å²) in [6.45, 7) is 0. The van der Waals surface area contributed by atoms with Crippen LogP contribution in [0.2, 0.25) is 10.0 Å². The van der Waals surface area contributed by atoms with Crippen molar-refractivity contribution in [3.8, 4) is 11.3 Å². The van der Waals surface area contributed by atoms with E-state index in [4.69, 9.17) is 34.9 Å². The Morgan fingerprint density at radius 1 is 1.16 bits per heavy atom. The molecule has 6 nitrogen and oxygen atoms in total. The van der Waals surface area contributed by atoms with Gasteiger partial charge in [-0.15, -0.1) is 0 Å². The van der Waals surface area contributed by atoms with Crippen molar-refractivity contribution >= 4 is 29.0 Å². The van der Waals surface area contributed by atoms with Crippen molar-refractivity contribution in [3.05, 3.63) is 46.3 Å². The number of aromatic nitrogens is 2. The second-order valence-electron chi connectivity index (χ2n) is 3.54. The molecule has 0 aliphatic carbocycles. The minimum atomic E-state index is 0.253. The number of halogens is 2. The van der Waals surface area contributed by atoms with Crippen LogP contribution >= 0.6 is 23.2 Å². The number of amidine groups is 1. The summed E-state index contributed by atoms with van der Waals surface area (Å²) in [4.78, 5) is 8.18. The van der Waals surface area contributed by atoms with Crippen molar-refractivity contribution in [1.82, 2.24) is 15.4 Å². The van der Waals surface area contributed by atoms with Gasteiger partial charge in [0, 0.05) is 5.56 Å². The Morgan fingerprint density at radius 2 is 1.95 bits per heavy atom. The lowest BCUT2D eigenvalue weighted by atomic mass is 10.1. The third kappa shape index (κ3) is 2.93. The van der Waals surface area contributed by atoms with Crippen molar-refractivity contribution in [3.63, 3.8) is 0 Å². The van der Waals surface area contributed by atoms with Crippen molar-refractivity contribution in [2.45, 2.75) is 0 Å². The second-order valence-corrected chi connectivity index (χ2v) is 4.35. The Balaban J connectivity index is 2.46. The molecule has 1 aromatic carbocycles. The van der Waals surface area contributed by atoms with Crippen LogP contribution in [0.1, 0.15) is 5.69 Å². The third-order valence-corrected chi connectivity index (χ3v) is 3.13. The van der Waals surface area contributed by atoms with E-state index in [9.17, 15) is 0 Å². The monoisotopic (exact) mass is 296 g/mol. The summed E-state index contributed by atoms with van der Waals surface area (Å²) >= 11 is 11.8. The summed E-state index contributed by atoms with van der Waals surface area (Å²) in [5.74, 6) is 10.7. The molecule has 0 aliphatic heterocycles. The van der Waals surface area contributed by atoms with Crippen molar-refractivity contribution < 1.29 is 0 Å². The van der Waals surface area contributed by atoms with Gasteiger partial charge in [-0.3, -0.25) is 0 Å². The lowest BCUT2D eigenvalue weighted by Gasteiger charge is -2.06. The maximum absolute atomic E-state index is 5.97. The van der Waals surface area contributed by atoms with E-state index in [2.05, 4.69) is 20.5 Å². The molecule has 8 heteroatoms. The molecule has 1 heterocycles. The lowest BCUT2D eigenvalue weighted by Crippen LogP contribution is -2.32. The summed E-state index contributed by atoms with van der Waals surface area (Å²) in [6, 6.07) is 6.89. The molecule has 0 amide bonds. The average Bonchev–Trinajstić information content (AvgIpc) is 2.44. The quantitative estimate of drug-likeness (QED) is 0.338. The molecule has 5 N–H and O–H groups in total. The number of hydrazine groups is 1. The Morgan fingerprint density at radius 3 is 2.58 bits per heavy atom. The highest BCUT2D eigenvalue weighted by molar-refractivity contribution is 6.42. The topological polar surface area (TPSA) is 102 Å². The van der Waals surface area contributed by atoms with Gasteiger partial charge in [0.15, 0.2) is 5.84 Å². The molecule has 0 bridgehead atoms. The minimum absolute atomic E-state index is 0.253. The molecule has 0 radical (unpaired) electrons. The first-order chi connectivity index (χ1) is 9.15. The number of hydrogen-bond acceptors (Lipinski definition) is 5. The molecule has 1 aromatic heterocycles. The minimum Gasteiger partial charge on any atom is -0.321 e. The molecule has 0 fully saturated rings. The zero-order valence-electron chi connectivity index (χ0n) is 9.64. The molecule has 2 rings (SSSR count). The highest BCUT2D eigenvalue weighted by Crippen LogP contribution is 2.27. The van der Waals surface area contributed by atoms with Crippen LogP contribution in [0.4, 0.5) is 0 Å². The Kier molecular flexibility index (Phi) is 4.16. The molecule has 0 saturated carbocycles. The van der Waals surface area contributed by atoms with Crippen LogP contribution in [0.25, 0.3) is 11.3 Å². The van der Waals surface area contributed by atoms with E-state index in [1.54, 1.807) is 24.3 Å². The number of rotatable bonds is 2. The fraction of sp³-hybridized carbons (Fsp3) is 0. The summed E-state index contributed by atoms with van der Waals surface area (Å²) in [7, 11) is 0. The Bertz CT molecular complexity index is 628. The van der Waals surface area contributed by atoms with Crippen LogP contribution in [-0.2, 0) is 0 Å². The zero-order chi connectivity index (χ0) is 13.8. The van der Waals surface area contributed by atoms with E-state index in [0.29, 0.717) is 21.4 Å². The van der Waals surface area contributed by atoms with Gasteiger partial charge in [0.25, 0.3) is 0 Å². The largest absolute Gasteiger partial charge is 0.321 e. The first kappa shape index (κ1) is 13.5. The van der Waals surface area contributed by atoms with E-state index in [1.807, 2.05) is 0 Å². The highest BCUT2D eigenvalue weighted by atomic mass is 35.5. The number of nitrogens with zero attached hydrogens (tertiary/aromatic N) is 3. The fourth-order valence-electron chi connectivity index (χ4n) is 1.48. The molecule has 2 aromatic rings. The van der Waals surface area contributed by atoms with Gasteiger partial charge in [-0.1, -0.05) is 29.3 Å². The number of hydrazone groups is 1. The van der Waals surface area contributed by atoms with Crippen LogP contribution < -0.4 is 17.1 Å². The van der Waals surface area contributed by atoms with Gasteiger partial charge in [-0.2, -0.15) is 5.10 Å². The van der Waals surface area contributed by atoms with Crippen LogP contribution in [0.3, 0.4) is 0 Å². The number of nitrogens with two attached hydrogens (primary N) is 2. The maximum Gasteiger partial charge on any atom is 0.185 e. The van der Waals surface area contributed by atoms with E-state index in [1.165, 1.54) is 6.33 Å². The maximum atomic E-state index is 5.97. The number of benzene rings is 1. The summed E-state index contributed by atoms with van der Waals surface area (Å²) in [5, 5.41) is 4.41. The SMILES string of the molecule is NN=C(NN)c1cc(-c2ccc(Cl)c(Cl)c2)ncn1. The normalized spacial score (nSPS) is 11.4. The zero-order valence-corrected chi connectivity index (χ0v) is 11.2. The molecular formula is C11H10Cl2N6. The van der Waals surface area contributed by atoms with Crippen LogP contribution in [0.15, 0.2) is 35.7 Å². The van der Waals surface area contributed by atoms with E-state index in [-0.39, 0.29) is 5.84 Å². The lowest BCUT2D eigenvalue weighted by molar-refractivity contribution is 0.986. The predicted molar refractivity (Wildman–Crippen MR) is 75.5 cm³/mol. The molecular weight excluding hydrogens is 287 g/mol. The van der Waals surface area contributed by atoms with Gasteiger partial charge in [0.05, 0.1) is 15.7 Å². The van der Waals surface area contributed by atoms with E-state index in [0.717, 1.165) is 5.56 Å². The summed E-state index contributed by atoms with van der Waals surface area (Å²) < 4.78 is 0. The molecule has 0 spiro atoms. The third-order valence-electron chi connectivity index (χ3n) is 2.39. The first-order valence-corrected chi connectivity index (χ1v) is 5.93. The van der Waals surface area contributed by atoms with Crippen LogP contribution in [-0.4, -0.2) is 15.8 Å². The molecule has 98 valence electrons. The van der Waals surface area contributed by atoms with Gasteiger partial charge < -0.3 is 11.3 Å². The van der Waals surface area contributed by atoms with Crippen molar-refractivity contribution in [2.24, 2.45) is 16.8 Å². The van der Waals surface area contributed by atoms with Crippen LogP contribution in [0.5, 0.6) is 0 Å². The molecule has 0 atom stereocenters. The van der Waals surface area contributed by atoms with Crippen molar-refractivity contribution in [2.75, 3.05) is 0 Å². The van der Waals surface area contributed by atoms with Gasteiger partial charge in [-0.25, -0.2) is 15.8 Å². The summed E-state index contributed by atoms with van der Waals surface area (Å²) in [6.07, 6.45) is 1.38. The Hall–Kier alpha value is -1.89. The molecule has 0 aliphatic rings. The van der Waals surface area contributed by atoms with E-state index >= 15 is 0 Å². The number of nitrogens with one attached hydrogen (secondary N) is 1. The smallest absolute Gasteiger partial charge is 0.185 e. The standard InChI is InChI=1S/C11H10Cl2N6/c12-7-2-1-6(3-8(7)13)9-4-10(17-5-16-9)11(18-14)19-15/h1-5H,14-15H2,(H,18,19). The van der Waals surface area contributed by atoms with Gasteiger partial charge in [0.1, 0.15) is 12.0 Å². The predicted octanol–water partition coefficient (Wildman–Crippen LogP) is 1.53. The van der Waals surface area contributed by atoms with Crippen molar-refractivity contribution in [1.29, 1.82) is 0 Å². The highest BCUT2D eigenvalue weighted by Gasteiger charge is 2.08.